The molecule has 0 bridgehead atoms. The van der Waals surface area contributed by atoms with E-state index < -0.39 is 28.5 Å². The minimum absolute atomic E-state index is 0.0287. The zero-order valence-electron chi connectivity index (χ0n) is 23.1. The van der Waals surface area contributed by atoms with Crippen LogP contribution in [0.25, 0.3) is 0 Å². The average Bonchev–Trinajstić information content (AvgIpc) is 2.91. The summed E-state index contributed by atoms with van der Waals surface area (Å²) in [5.41, 5.74) is 2.70. The van der Waals surface area contributed by atoms with Crippen LogP contribution in [-0.2, 0) is 32.6 Å². The summed E-state index contributed by atoms with van der Waals surface area (Å²) < 4.78 is 27.7. The SMILES string of the molecule is CC[C@@H](C)NC(=O)[C@H](Cc1ccccc1)N(Cc1ccccc1Cl)C(=O)CN(c1ccc(Br)c(C)c1)S(C)(=O)=O. The van der Waals surface area contributed by atoms with Crippen molar-refractivity contribution in [3.63, 3.8) is 0 Å². The smallest absolute Gasteiger partial charge is 0.244 e. The highest BCUT2D eigenvalue weighted by Gasteiger charge is 2.33. The van der Waals surface area contributed by atoms with Crippen molar-refractivity contribution in [2.24, 2.45) is 0 Å². The largest absolute Gasteiger partial charge is 0.352 e. The van der Waals surface area contributed by atoms with Gasteiger partial charge >= 0.3 is 0 Å². The first-order valence-electron chi connectivity index (χ1n) is 13.0. The Labute approximate surface area is 250 Å². The predicted octanol–water partition coefficient (Wildman–Crippen LogP) is 5.73. The number of carbonyl (C=O) groups is 2. The fraction of sp³-hybridized carbons (Fsp3) is 0.333. The molecule has 0 fully saturated rings. The van der Waals surface area contributed by atoms with E-state index in [0.29, 0.717) is 22.7 Å². The van der Waals surface area contributed by atoms with E-state index in [4.69, 9.17) is 11.6 Å². The Bertz CT molecular complexity index is 1440. The van der Waals surface area contributed by atoms with Crippen LogP contribution in [-0.4, -0.2) is 50.0 Å². The first-order chi connectivity index (χ1) is 18.9. The molecule has 7 nitrogen and oxygen atoms in total. The number of hydrogen-bond donors (Lipinski definition) is 1. The standard InChI is InChI=1S/C30H35BrClN3O4S/c1-5-22(3)33-30(37)28(18-23-11-7-6-8-12-23)34(19-24-13-9-10-14-27(24)32)29(36)20-35(40(4,38)39)25-15-16-26(31)21(2)17-25/h6-17,22,28H,5,18-20H2,1-4H3,(H,33,37)/t22-,28+/m1/s1. The monoisotopic (exact) mass is 647 g/mol. The van der Waals surface area contributed by atoms with Crippen LogP contribution in [0.4, 0.5) is 5.69 Å². The van der Waals surface area contributed by atoms with Gasteiger partial charge in [-0.15, -0.1) is 0 Å². The van der Waals surface area contributed by atoms with Crippen molar-refractivity contribution in [2.75, 3.05) is 17.1 Å². The lowest BCUT2D eigenvalue weighted by atomic mass is 10.0. The van der Waals surface area contributed by atoms with Gasteiger partial charge in [0.25, 0.3) is 0 Å². The fourth-order valence-electron chi connectivity index (χ4n) is 4.20. The topological polar surface area (TPSA) is 86.8 Å². The molecule has 0 aliphatic rings. The zero-order chi connectivity index (χ0) is 29.4. The van der Waals surface area contributed by atoms with Crippen LogP contribution in [0, 0.1) is 6.92 Å². The highest BCUT2D eigenvalue weighted by atomic mass is 79.9. The van der Waals surface area contributed by atoms with Gasteiger partial charge in [0.1, 0.15) is 12.6 Å². The first kappa shape index (κ1) is 31.6. The molecule has 40 heavy (non-hydrogen) atoms. The Morgan fingerprint density at radius 2 is 1.68 bits per heavy atom. The minimum Gasteiger partial charge on any atom is -0.352 e. The number of anilines is 1. The van der Waals surface area contributed by atoms with E-state index in [1.54, 1.807) is 36.4 Å². The van der Waals surface area contributed by atoms with Crippen LogP contribution in [0.3, 0.4) is 0 Å². The van der Waals surface area contributed by atoms with Crippen molar-refractivity contribution in [3.8, 4) is 0 Å². The molecule has 10 heteroatoms. The Hall–Kier alpha value is -2.88. The van der Waals surface area contributed by atoms with Crippen LogP contribution in [0.15, 0.2) is 77.3 Å². The first-order valence-corrected chi connectivity index (χ1v) is 16.0. The number of rotatable bonds is 12. The van der Waals surface area contributed by atoms with E-state index in [2.05, 4.69) is 21.2 Å². The summed E-state index contributed by atoms with van der Waals surface area (Å²) in [5, 5.41) is 3.46. The third-order valence-electron chi connectivity index (χ3n) is 6.68. The second kappa shape index (κ2) is 14.1. The number of amides is 2. The summed E-state index contributed by atoms with van der Waals surface area (Å²) in [7, 11) is -3.84. The third kappa shape index (κ3) is 8.56. The lowest BCUT2D eigenvalue weighted by Crippen LogP contribution is -2.54. The fourth-order valence-corrected chi connectivity index (χ4v) is 5.49. The van der Waals surface area contributed by atoms with Gasteiger partial charge in [-0.25, -0.2) is 8.42 Å². The summed E-state index contributed by atoms with van der Waals surface area (Å²) in [4.78, 5) is 29.3. The van der Waals surface area contributed by atoms with Gasteiger partial charge in [0.2, 0.25) is 21.8 Å². The van der Waals surface area contributed by atoms with Crippen LogP contribution in [0.2, 0.25) is 5.02 Å². The van der Waals surface area contributed by atoms with Gasteiger partial charge in [0.15, 0.2) is 0 Å². The second-order valence-electron chi connectivity index (χ2n) is 9.84. The van der Waals surface area contributed by atoms with Crippen molar-refractivity contribution >= 4 is 55.1 Å². The molecule has 0 heterocycles. The maximum Gasteiger partial charge on any atom is 0.244 e. The highest BCUT2D eigenvalue weighted by Crippen LogP contribution is 2.26. The van der Waals surface area contributed by atoms with Gasteiger partial charge in [-0.1, -0.05) is 83.0 Å². The number of hydrogen-bond acceptors (Lipinski definition) is 4. The number of halogens is 2. The van der Waals surface area contributed by atoms with E-state index in [9.17, 15) is 18.0 Å². The van der Waals surface area contributed by atoms with E-state index in [-0.39, 0.29) is 24.9 Å². The molecule has 1 N–H and O–H groups in total. The molecule has 0 aliphatic carbocycles. The molecule has 214 valence electrons. The Kier molecular flexibility index (Phi) is 11.2. The van der Waals surface area contributed by atoms with Gasteiger partial charge < -0.3 is 10.2 Å². The summed E-state index contributed by atoms with van der Waals surface area (Å²) >= 11 is 9.92. The summed E-state index contributed by atoms with van der Waals surface area (Å²) in [5.74, 6) is -0.838. The average molecular weight is 649 g/mol. The maximum atomic E-state index is 14.1. The number of nitrogens with one attached hydrogen (secondary N) is 1. The van der Waals surface area contributed by atoms with E-state index >= 15 is 0 Å². The Morgan fingerprint density at radius 3 is 2.27 bits per heavy atom. The predicted molar refractivity (Wildman–Crippen MR) is 165 cm³/mol. The van der Waals surface area contributed by atoms with Crippen molar-refractivity contribution in [3.05, 3.63) is 99.0 Å². The van der Waals surface area contributed by atoms with E-state index in [1.807, 2.05) is 57.2 Å². The van der Waals surface area contributed by atoms with Gasteiger partial charge in [-0.2, -0.15) is 0 Å². The van der Waals surface area contributed by atoms with Crippen molar-refractivity contribution < 1.29 is 18.0 Å². The number of benzene rings is 3. The number of aryl methyl sites for hydroxylation is 1. The lowest BCUT2D eigenvalue weighted by Gasteiger charge is -2.34. The molecular weight excluding hydrogens is 614 g/mol. The van der Waals surface area contributed by atoms with E-state index in [1.165, 1.54) is 4.90 Å². The summed E-state index contributed by atoms with van der Waals surface area (Å²) in [6.45, 7) is 5.26. The number of carbonyl (C=O) groups excluding carboxylic acids is 2. The normalized spacial score (nSPS) is 12.8. The van der Waals surface area contributed by atoms with Gasteiger partial charge in [0.05, 0.1) is 11.9 Å². The van der Waals surface area contributed by atoms with Crippen LogP contribution < -0.4 is 9.62 Å². The molecule has 0 aliphatic heterocycles. The molecule has 3 aromatic rings. The van der Waals surface area contributed by atoms with Crippen LogP contribution in [0.1, 0.15) is 37.0 Å². The van der Waals surface area contributed by atoms with E-state index in [0.717, 1.165) is 26.2 Å². The second-order valence-corrected chi connectivity index (χ2v) is 13.0. The van der Waals surface area contributed by atoms with Gasteiger partial charge in [-0.05, 0) is 61.2 Å². The highest BCUT2D eigenvalue weighted by molar-refractivity contribution is 9.10. The quantitative estimate of drug-likeness (QED) is 0.272. The van der Waals surface area contributed by atoms with Gasteiger partial charge in [0, 0.05) is 28.5 Å². The molecule has 2 amide bonds. The lowest BCUT2D eigenvalue weighted by molar-refractivity contribution is -0.140. The summed E-state index contributed by atoms with van der Waals surface area (Å²) in [6, 6.07) is 20.6. The molecule has 0 radical (unpaired) electrons. The molecule has 0 unspecified atom stereocenters. The Morgan fingerprint density at radius 1 is 1.02 bits per heavy atom. The molecule has 3 aromatic carbocycles. The molecule has 0 saturated heterocycles. The van der Waals surface area contributed by atoms with Gasteiger partial charge in [-0.3, -0.25) is 13.9 Å². The Balaban J connectivity index is 2.08. The van der Waals surface area contributed by atoms with Crippen molar-refractivity contribution in [1.82, 2.24) is 10.2 Å². The van der Waals surface area contributed by atoms with Crippen molar-refractivity contribution in [2.45, 2.75) is 52.2 Å². The van der Waals surface area contributed by atoms with Crippen LogP contribution >= 0.6 is 27.5 Å². The molecule has 3 rings (SSSR count). The molecule has 0 spiro atoms. The van der Waals surface area contributed by atoms with Crippen LogP contribution in [0.5, 0.6) is 0 Å². The number of sulfonamides is 1. The van der Waals surface area contributed by atoms with Crippen molar-refractivity contribution in [1.29, 1.82) is 0 Å². The molecule has 0 saturated carbocycles. The molecular formula is C30H35BrClN3O4S. The molecule has 2 atom stereocenters. The minimum atomic E-state index is -3.84. The number of nitrogens with zero attached hydrogens (tertiary/aromatic N) is 2. The third-order valence-corrected chi connectivity index (χ3v) is 9.08. The maximum absolute atomic E-state index is 14.1. The molecule has 0 aromatic heterocycles. The summed E-state index contributed by atoms with van der Waals surface area (Å²) in [6.07, 6.45) is 2.02. The zero-order valence-corrected chi connectivity index (χ0v) is 26.3.